The van der Waals surface area contributed by atoms with Crippen LogP contribution in [0.15, 0.2) is 60.7 Å². The summed E-state index contributed by atoms with van der Waals surface area (Å²) >= 11 is 0. The average molecular weight is 315 g/mol. The second-order valence-electron chi connectivity index (χ2n) is 5.40. The third-order valence-electron chi connectivity index (χ3n) is 3.57. The van der Waals surface area contributed by atoms with Gasteiger partial charge < -0.3 is 4.90 Å². The number of amides is 1. The van der Waals surface area contributed by atoms with Crippen molar-refractivity contribution in [2.45, 2.75) is 17.4 Å². The molecule has 0 aliphatic rings. The van der Waals surface area contributed by atoms with Crippen LogP contribution >= 0.6 is 0 Å². The Kier molecular flexibility index (Phi) is 5.50. The van der Waals surface area contributed by atoms with Gasteiger partial charge in [-0.25, -0.2) is 0 Å². The highest BCUT2D eigenvalue weighted by Gasteiger charge is 2.30. The second kappa shape index (κ2) is 7.36. The maximum Gasteiger partial charge on any atom is 0.237 e. The molecular weight excluding hydrogens is 294 g/mol. The first kappa shape index (κ1) is 16.4. The molecule has 0 radical (unpaired) electrons. The van der Waals surface area contributed by atoms with E-state index in [1.54, 1.807) is 21.0 Å². The van der Waals surface area contributed by atoms with Crippen molar-refractivity contribution in [1.29, 1.82) is 0 Å². The van der Waals surface area contributed by atoms with Crippen molar-refractivity contribution in [3.63, 3.8) is 0 Å². The Balaban J connectivity index is 2.42. The van der Waals surface area contributed by atoms with E-state index in [-0.39, 0.29) is 11.2 Å². The topological polar surface area (TPSA) is 37.4 Å². The van der Waals surface area contributed by atoms with Crippen LogP contribution in [0.5, 0.6) is 0 Å². The standard InChI is InChI=1S/C18H21NO2S/c1-14(18(20)19(2)3)22(21)17(15-10-6-4-7-11-15)16-12-8-5-9-13-16/h4-14,17H,1-3H3/t14-,22+/m0/s1. The lowest BCUT2D eigenvalue weighted by molar-refractivity contribution is -0.127. The molecule has 1 amide bonds. The Morgan fingerprint density at radius 3 is 1.68 bits per heavy atom. The van der Waals surface area contributed by atoms with Gasteiger partial charge in [-0.1, -0.05) is 60.7 Å². The highest BCUT2D eigenvalue weighted by Crippen LogP contribution is 2.30. The summed E-state index contributed by atoms with van der Waals surface area (Å²) < 4.78 is 13.1. The van der Waals surface area contributed by atoms with E-state index in [2.05, 4.69) is 0 Å². The molecule has 2 aromatic carbocycles. The zero-order valence-corrected chi connectivity index (χ0v) is 13.9. The molecule has 0 aliphatic carbocycles. The van der Waals surface area contributed by atoms with E-state index in [4.69, 9.17) is 0 Å². The predicted molar refractivity (Wildman–Crippen MR) is 91.0 cm³/mol. The van der Waals surface area contributed by atoms with Crippen LogP contribution in [-0.2, 0) is 15.6 Å². The van der Waals surface area contributed by atoms with Crippen LogP contribution in [0.2, 0.25) is 0 Å². The molecule has 0 aliphatic heterocycles. The summed E-state index contributed by atoms with van der Waals surface area (Å²) in [6.07, 6.45) is 0. The molecule has 2 atom stereocenters. The Labute approximate surface area is 134 Å². The average Bonchev–Trinajstić information content (AvgIpc) is 2.55. The summed E-state index contributed by atoms with van der Waals surface area (Å²) in [6.45, 7) is 1.73. The number of carbonyl (C=O) groups is 1. The van der Waals surface area contributed by atoms with Crippen molar-refractivity contribution in [3.05, 3.63) is 71.8 Å². The predicted octanol–water partition coefficient (Wildman–Crippen LogP) is 3.00. The van der Waals surface area contributed by atoms with Crippen LogP contribution in [0.4, 0.5) is 0 Å². The summed E-state index contributed by atoms with van der Waals surface area (Å²) in [5, 5.41) is -0.860. The Morgan fingerprint density at radius 1 is 0.909 bits per heavy atom. The van der Waals surface area contributed by atoms with Crippen molar-refractivity contribution in [2.24, 2.45) is 0 Å². The minimum Gasteiger partial charge on any atom is -0.348 e. The number of benzene rings is 2. The highest BCUT2D eigenvalue weighted by molar-refractivity contribution is 7.86. The van der Waals surface area contributed by atoms with Crippen LogP contribution in [0, 0.1) is 0 Å². The van der Waals surface area contributed by atoms with Gasteiger partial charge in [-0.2, -0.15) is 0 Å². The molecule has 0 heterocycles. The number of hydrogen-bond donors (Lipinski definition) is 0. The summed E-state index contributed by atoms with van der Waals surface area (Å²) in [4.78, 5) is 13.7. The van der Waals surface area contributed by atoms with Crippen molar-refractivity contribution < 1.29 is 9.00 Å². The zero-order valence-electron chi connectivity index (χ0n) is 13.1. The molecule has 0 N–H and O–H groups in total. The first-order valence-electron chi connectivity index (χ1n) is 7.22. The first-order chi connectivity index (χ1) is 10.5. The van der Waals surface area contributed by atoms with E-state index in [0.29, 0.717) is 0 Å². The van der Waals surface area contributed by atoms with Crippen LogP contribution < -0.4 is 0 Å². The second-order valence-corrected chi connectivity index (χ2v) is 7.24. The van der Waals surface area contributed by atoms with Crippen LogP contribution in [0.25, 0.3) is 0 Å². The quantitative estimate of drug-likeness (QED) is 0.850. The molecule has 0 spiro atoms. The van der Waals surface area contributed by atoms with Gasteiger partial charge in [0.1, 0.15) is 5.25 Å². The molecule has 0 fully saturated rings. The fraction of sp³-hybridized carbons (Fsp3) is 0.278. The summed E-state index contributed by atoms with van der Waals surface area (Å²) in [5.41, 5.74) is 1.93. The monoisotopic (exact) mass is 315 g/mol. The van der Waals surface area contributed by atoms with E-state index < -0.39 is 16.0 Å². The number of carbonyl (C=O) groups excluding carboxylic acids is 1. The fourth-order valence-electron chi connectivity index (χ4n) is 2.38. The van der Waals surface area contributed by atoms with Gasteiger partial charge in [0.2, 0.25) is 5.91 Å². The lowest BCUT2D eigenvalue weighted by atomic mass is 10.0. The Hall–Kier alpha value is -1.94. The van der Waals surface area contributed by atoms with Crippen molar-refractivity contribution in [3.8, 4) is 0 Å². The van der Waals surface area contributed by atoms with Gasteiger partial charge in [-0.15, -0.1) is 0 Å². The Bertz CT molecular complexity index is 601. The third-order valence-corrected chi connectivity index (χ3v) is 5.48. The van der Waals surface area contributed by atoms with Crippen molar-refractivity contribution >= 4 is 16.7 Å². The number of hydrogen-bond acceptors (Lipinski definition) is 2. The lowest BCUT2D eigenvalue weighted by Gasteiger charge is -2.23. The minimum absolute atomic E-state index is 0.116. The zero-order chi connectivity index (χ0) is 16.1. The molecule has 0 saturated carbocycles. The van der Waals surface area contributed by atoms with Gasteiger partial charge in [0, 0.05) is 24.9 Å². The van der Waals surface area contributed by atoms with Crippen LogP contribution in [0.1, 0.15) is 23.3 Å². The Morgan fingerprint density at radius 2 is 1.32 bits per heavy atom. The van der Waals surface area contributed by atoms with E-state index in [9.17, 15) is 9.00 Å². The SMILES string of the molecule is C[C@@H](C(=O)N(C)C)[S@@](=O)C(c1ccccc1)c1ccccc1. The van der Waals surface area contributed by atoms with Gasteiger partial charge in [0.05, 0.1) is 5.25 Å². The molecule has 0 saturated heterocycles. The van der Waals surface area contributed by atoms with Gasteiger partial charge in [0.15, 0.2) is 0 Å². The van der Waals surface area contributed by atoms with Gasteiger partial charge in [-0.3, -0.25) is 9.00 Å². The van der Waals surface area contributed by atoms with Crippen molar-refractivity contribution in [2.75, 3.05) is 14.1 Å². The molecular formula is C18H21NO2S. The molecule has 0 bridgehead atoms. The molecule has 0 aromatic heterocycles. The van der Waals surface area contributed by atoms with E-state index in [1.165, 1.54) is 4.90 Å². The normalized spacial score (nSPS) is 13.6. The maximum absolute atomic E-state index is 13.1. The molecule has 3 nitrogen and oxygen atoms in total. The molecule has 2 rings (SSSR count). The van der Waals surface area contributed by atoms with E-state index >= 15 is 0 Å². The summed E-state index contributed by atoms with van der Waals surface area (Å²) in [5.74, 6) is -0.116. The van der Waals surface area contributed by atoms with Crippen molar-refractivity contribution in [1.82, 2.24) is 4.90 Å². The number of nitrogens with zero attached hydrogens (tertiary/aromatic N) is 1. The molecule has 2 aromatic rings. The molecule has 22 heavy (non-hydrogen) atoms. The smallest absolute Gasteiger partial charge is 0.237 e. The third kappa shape index (κ3) is 3.63. The van der Waals surface area contributed by atoms with E-state index in [1.807, 2.05) is 60.7 Å². The molecule has 4 heteroatoms. The van der Waals surface area contributed by atoms with Gasteiger partial charge in [-0.05, 0) is 18.1 Å². The minimum atomic E-state index is -1.35. The fourth-order valence-corrected chi connectivity index (χ4v) is 4.05. The maximum atomic E-state index is 13.1. The largest absolute Gasteiger partial charge is 0.348 e. The van der Waals surface area contributed by atoms with Crippen LogP contribution in [-0.4, -0.2) is 34.4 Å². The molecule has 116 valence electrons. The van der Waals surface area contributed by atoms with Gasteiger partial charge >= 0.3 is 0 Å². The highest BCUT2D eigenvalue weighted by atomic mass is 32.2. The summed E-state index contributed by atoms with van der Waals surface area (Å²) in [6, 6.07) is 19.4. The first-order valence-corrected chi connectivity index (χ1v) is 8.50. The van der Waals surface area contributed by atoms with E-state index in [0.717, 1.165) is 11.1 Å². The molecule has 0 unspecified atom stereocenters. The van der Waals surface area contributed by atoms with Crippen LogP contribution in [0.3, 0.4) is 0 Å². The lowest BCUT2D eigenvalue weighted by Crippen LogP contribution is -2.36. The number of rotatable bonds is 5. The van der Waals surface area contributed by atoms with Gasteiger partial charge in [0.25, 0.3) is 0 Å². The summed E-state index contributed by atoms with van der Waals surface area (Å²) in [7, 11) is 2.03.